The minimum Gasteiger partial charge on any atom is -0.481 e. The molecule has 2 fully saturated rings. The first kappa shape index (κ1) is 22.3. The molecular weight excluding hydrogens is 372 g/mol. The predicted molar refractivity (Wildman–Crippen MR) is 120 cm³/mol. The third-order valence-electron chi connectivity index (χ3n) is 6.74. The summed E-state index contributed by atoms with van der Waals surface area (Å²) in [5.74, 6) is 1.29. The SMILES string of the molecule is CC(=O)[C@@H]1CC[C@@H](Cc2ccccc2)C1.O=C(O)[C@@H]1CC[C@@H](Cc2ccccc2)C1. The van der Waals surface area contributed by atoms with Crippen molar-refractivity contribution in [3.05, 3.63) is 71.8 Å². The van der Waals surface area contributed by atoms with Crippen LogP contribution in [0.3, 0.4) is 0 Å². The van der Waals surface area contributed by atoms with E-state index >= 15 is 0 Å². The van der Waals surface area contributed by atoms with Gasteiger partial charge in [0.05, 0.1) is 5.92 Å². The Bertz CT molecular complexity index is 730. The van der Waals surface area contributed by atoms with Crippen LogP contribution in [0.15, 0.2) is 60.7 Å². The third kappa shape index (κ3) is 6.83. The van der Waals surface area contributed by atoms with Crippen molar-refractivity contribution in [1.29, 1.82) is 0 Å². The van der Waals surface area contributed by atoms with Gasteiger partial charge in [0.15, 0.2) is 0 Å². The Kier molecular flexibility index (Phi) is 8.24. The lowest BCUT2D eigenvalue weighted by atomic mass is 9.96. The highest BCUT2D eigenvalue weighted by atomic mass is 16.4. The van der Waals surface area contributed by atoms with Gasteiger partial charge in [-0.15, -0.1) is 0 Å². The first-order valence-electron chi connectivity index (χ1n) is 11.3. The van der Waals surface area contributed by atoms with Gasteiger partial charge < -0.3 is 5.11 Å². The van der Waals surface area contributed by atoms with Crippen LogP contribution in [0.25, 0.3) is 0 Å². The second kappa shape index (κ2) is 11.1. The molecule has 1 N–H and O–H groups in total. The van der Waals surface area contributed by atoms with Gasteiger partial charge in [-0.2, -0.15) is 0 Å². The average Bonchev–Trinajstić information content (AvgIpc) is 3.40. The maximum atomic E-state index is 11.2. The summed E-state index contributed by atoms with van der Waals surface area (Å²) in [4.78, 5) is 22.0. The van der Waals surface area contributed by atoms with Crippen molar-refractivity contribution in [3.63, 3.8) is 0 Å². The number of hydrogen-bond acceptors (Lipinski definition) is 2. The van der Waals surface area contributed by atoms with Crippen LogP contribution in [0.4, 0.5) is 0 Å². The van der Waals surface area contributed by atoms with Gasteiger partial charge in [0.25, 0.3) is 0 Å². The molecule has 0 amide bonds. The zero-order chi connectivity index (χ0) is 21.3. The first-order valence-corrected chi connectivity index (χ1v) is 11.3. The Hall–Kier alpha value is -2.42. The van der Waals surface area contributed by atoms with Gasteiger partial charge in [0.1, 0.15) is 5.78 Å². The van der Waals surface area contributed by atoms with Gasteiger partial charge in [-0.25, -0.2) is 0 Å². The van der Waals surface area contributed by atoms with Gasteiger partial charge >= 0.3 is 5.97 Å². The Morgan fingerprint density at radius 2 is 1.17 bits per heavy atom. The summed E-state index contributed by atoms with van der Waals surface area (Å²) in [7, 11) is 0. The van der Waals surface area contributed by atoms with E-state index in [-0.39, 0.29) is 5.92 Å². The smallest absolute Gasteiger partial charge is 0.306 e. The minimum atomic E-state index is -0.620. The molecule has 3 nitrogen and oxygen atoms in total. The van der Waals surface area contributed by atoms with Crippen LogP contribution in [0.2, 0.25) is 0 Å². The summed E-state index contributed by atoms with van der Waals surface area (Å²) < 4.78 is 0. The molecule has 160 valence electrons. The van der Waals surface area contributed by atoms with Crippen molar-refractivity contribution >= 4 is 11.8 Å². The fraction of sp³-hybridized carbons (Fsp3) is 0.481. The Morgan fingerprint density at radius 3 is 1.53 bits per heavy atom. The third-order valence-corrected chi connectivity index (χ3v) is 6.74. The molecule has 4 atom stereocenters. The molecule has 30 heavy (non-hydrogen) atoms. The number of benzene rings is 2. The summed E-state index contributed by atoms with van der Waals surface area (Å²) in [5.41, 5.74) is 2.74. The second-order valence-electron chi connectivity index (χ2n) is 9.08. The van der Waals surface area contributed by atoms with E-state index in [4.69, 9.17) is 5.11 Å². The molecule has 0 unspecified atom stereocenters. The summed E-state index contributed by atoms with van der Waals surface area (Å²) in [5, 5.41) is 8.90. The van der Waals surface area contributed by atoms with Crippen molar-refractivity contribution in [2.24, 2.45) is 23.7 Å². The molecule has 3 heteroatoms. The molecular formula is C27H34O3. The van der Waals surface area contributed by atoms with E-state index in [1.807, 2.05) is 18.2 Å². The normalized spacial score (nSPS) is 25.4. The van der Waals surface area contributed by atoms with Crippen molar-refractivity contribution < 1.29 is 14.7 Å². The lowest BCUT2D eigenvalue weighted by Crippen LogP contribution is -2.10. The molecule has 0 bridgehead atoms. The molecule has 4 rings (SSSR count). The summed E-state index contributed by atoms with van der Waals surface area (Å²) in [6, 6.07) is 20.9. The van der Waals surface area contributed by atoms with Crippen molar-refractivity contribution in [2.75, 3.05) is 0 Å². The number of carbonyl (C=O) groups excluding carboxylic acids is 1. The van der Waals surface area contributed by atoms with Crippen LogP contribution in [0.5, 0.6) is 0 Å². The van der Waals surface area contributed by atoms with Gasteiger partial charge in [-0.1, -0.05) is 60.7 Å². The largest absolute Gasteiger partial charge is 0.481 e. The molecule has 2 aliphatic rings. The van der Waals surface area contributed by atoms with Crippen molar-refractivity contribution in [2.45, 2.75) is 58.3 Å². The van der Waals surface area contributed by atoms with Crippen molar-refractivity contribution in [3.8, 4) is 0 Å². The number of Topliss-reactive ketones (excluding diaryl/α,β-unsaturated/α-hetero) is 1. The molecule has 0 spiro atoms. The average molecular weight is 407 g/mol. The van der Waals surface area contributed by atoms with Gasteiger partial charge in [-0.05, 0) is 81.3 Å². The van der Waals surface area contributed by atoms with E-state index < -0.39 is 5.97 Å². The molecule has 2 saturated carbocycles. The fourth-order valence-electron chi connectivity index (χ4n) is 5.01. The molecule has 0 aliphatic heterocycles. The van der Waals surface area contributed by atoms with Gasteiger partial charge in [0.2, 0.25) is 0 Å². The minimum absolute atomic E-state index is 0.0984. The van der Waals surface area contributed by atoms with Gasteiger partial charge in [-0.3, -0.25) is 9.59 Å². The quantitative estimate of drug-likeness (QED) is 0.643. The maximum Gasteiger partial charge on any atom is 0.306 e. The molecule has 2 aromatic rings. The second-order valence-corrected chi connectivity index (χ2v) is 9.08. The van der Waals surface area contributed by atoms with Crippen LogP contribution < -0.4 is 0 Å². The van der Waals surface area contributed by atoms with Crippen LogP contribution >= 0.6 is 0 Å². The van der Waals surface area contributed by atoms with E-state index in [0.717, 1.165) is 50.9 Å². The summed E-state index contributed by atoms with van der Waals surface area (Å²) >= 11 is 0. The molecule has 0 radical (unpaired) electrons. The van der Waals surface area contributed by atoms with E-state index in [1.165, 1.54) is 17.5 Å². The Morgan fingerprint density at radius 1 is 0.733 bits per heavy atom. The predicted octanol–water partition coefficient (Wildman–Crippen LogP) is 5.96. The highest BCUT2D eigenvalue weighted by molar-refractivity contribution is 5.78. The van der Waals surface area contributed by atoms with Crippen molar-refractivity contribution in [1.82, 2.24) is 0 Å². The van der Waals surface area contributed by atoms with Crippen LogP contribution in [0, 0.1) is 23.7 Å². The van der Waals surface area contributed by atoms with Crippen LogP contribution in [0.1, 0.15) is 56.6 Å². The molecule has 2 aliphatic carbocycles. The summed E-state index contributed by atoms with van der Waals surface area (Å²) in [6.07, 6.45) is 8.37. The first-order chi connectivity index (χ1) is 14.5. The lowest BCUT2D eigenvalue weighted by Gasteiger charge is -2.09. The fourth-order valence-corrected chi connectivity index (χ4v) is 5.01. The Balaban J connectivity index is 0.000000171. The van der Waals surface area contributed by atoms with Crippen LogP contribution in [-0.2, 0) is 22.4 Å². The number of carbonyl (C=O) groups is 2. The highest BCUT2D eigenvalue weighted by Crippen LogP contribution is 2.34. The lowest BCUT2D eigenvalue weighted by molar-refractivity contribution is -0.141. The number of ketones is 1. The number of rotatable bonds is 6. The summed E-state index contributed by atoms with van der Waals surface area (Å²) in [6.45, 7) is 1.73. The number of aliphatic carboxylic acids is 1. The number of carboxylic acid groups (broad SMARTS) is 1. The zero-order valence-corrected chi connectivity index (χ0v) is 18.0. The number of hydrogen-bond donors (Lipinski definition) is 1. The zero-order valence-electron chi connectivity index (χ0n) is 18.0. The molecule has 0 saturated heterocycles. The topological polar surface area (TPSA) is 54.4 Å². The van der Waals surface area contributed by atoms with E-state index in [1.54, 1.807) is 6.92 Å². The standard InChI is InChI=1S/C14H18O.C13H16O2/c1-11(15)14-8-7-13(10-14)9-12-5-3-2-4-6-12;14-13(15)12-7-6-11(9-12)8-10-4-2-1-3-5-10/h2-6,13-14H,7-10H2,1H3;1-5,11-12H,6-9H2,(H,14,15)/t13-,14+;11-,12+/m00/s1. The van der Waals surface area contributed by atoms with Crippen LogP contribution in [-0.4, -0.2) is 16.9 Å². The van der Waals surface area contributed by atoms with E-state index in [0.29, 0.717) is 17.6 Å². The maximum absolute atomic E-state index is 11.2. The van der Waals surface area contributed by atoms with E-state index in [9.17, 15) is 9.59 Å². The highest BCUT2D eigenvalue weighted by Gasteiger charge is 2.29. The number of carboxylic acids is 1. The molecule has 2 aromatic carbocycles. The Labute approximate surface area is 180 Å². The molecule has 0 heterocycles. The van der Waals surface area contributed by atoms with E-state index in [2.05, 4.69) is 42.5 Å². The van der Waals surface area contributed by atoms with Gasteiger partial charge in [0, 0.05) is 5.92 Å². The molecule has 0 aromatic heterocycles. The monoisotopic (exact) mass is 406 g/mol.